The van der Waals surface area contributed by atoms with Gasteiger partial charge in [0.1, 0.15) is 5.65 Å². The van der Waals surface area contributed by atoms with Gasteiger partial charge in [0.05, 0.1) is 5.69 Å². The number of halogens is 1. The van der Waals surface area contributed by atoms with Crippen LogP contribution in [0.2, 0.25) is 5.02 Å². The van der Waals surface area contributed by atoms with E-state index in [0.29, 0.717) is 6.04 Å². The quantitative estimate of drug-likeness (QED) is 0.514. The molecule has 146 valence electrons. The zero-order chi connectivity index (χ0) is 19.3. The van der Waals surface area contributed by atoms with Gasteiger partial charge in [0.2, 0.25) is 0 Å². The molecular weight excluding hydrogens is 372 g/mol. The van der Waals surface area contributed by atoms with Gasteiger partial charge in [-0.15, -0.1) is 0 Å². The second-order valence-electron chi connectivity index (χ2n) is 7.00. The first-order valence-corrected chi connectivity index (χ1v) is 9.99. The van der Waals surface area contributed by atoms with Crippen LogP contribution in [0, 0.1) is 0 Å². The van der Waals surface area contributed by atoms with Crippen LogP contribution in [0.15, 0.2) is 59.9 Å². The minimum atomic E-state index is 0.361. The van der Waals surface area contributed by atoms with Crippen molar-refractivity contribution in [2.24, 2.45) is 4.99 Å². The van der Waals surface area contributed by atoms with E-state index in [2.05, 4.69) is 37.8 Å². The Kier molecular flexibility index (Phi) is 5.67. The van der Waals surface area contributed by atoms with Crippen LogP contribution in [0.3, 0.4) is 0 Å². The lowest BCUT2D eigenvalue weighted by Crippen LogP contribution is -2.45. The normalized spacial score (nSPS) is 17.3. The molecule has 2 aromatic heterocycles. The van der Waals surface area contributed by atoms with Crippen LogP contribution < -0.4 is 15.5 Å². The lowest BCUT2D eigenvalue weighted by Gasteiger charge is -2.20. The standard InChI is InChI=1S/C21H25ClN6/c1-23-21(24-10-8-17-15-28-11-3-2-7-20(28)25-17)26-18-9-12-27(14-18)19-6-4-5-16(22)13-19/h2-7,11,13,15,18H,8-10,12,14H2,1H3,(H2,23,24,26). The number of aliphatic imine (C=N–C) groups is 1. The summed E-state index contributed by atoms with van der Waals surface area (Å²) in [4.78, 5) is 11.4. The zero-order valence-electron chi connectivity index (χ0n) is 16.0. The Hall–Kier alpha value is -2.73. The Bertz CT molecular complexity index is 933. The Morgan fingerprint density at radius 1 is 1.29 bits per heavy atom. The molecule has 1 saturated heterocycles. The number of hydrogen-bond acceptors (Lipinski definition) is 3. The van der Waals surface area contributed by atoms with Crippen molar-refractivity contribution in [3.63, 3.8) is 0 Å². The van der Waals surface area contributed by atoms with Crippen molar-refractivity contribution in [2.75, 3.05) is 31.6 Å². The second kappa shape index (κ2) is 8.52. The minimum absolute atomic E-state index is 0.361. The van der Waals surface area contributed by atoms with Gasteiger partial charge in [0, 0.05) is 62.2 Å². The molecule has 0 bridgehead atoms. The molecule has 3 heterocycles. The molecule has 0 amide bonds. The monoisotopic (exact) mass is 396 g/mol. The molecule has 1 aliphatic rings. The maximum Gasteiger partial charge on any atom is 0.191 e. The third kappa shape index (κ3) is 4.39. The van der Waals surface area contributed by atoms with Crippen LogP contribution in [0.25, 0.3) is 5.65 Å². The predicted molar refractivity (Wildman–Crippen MR) is 115 cm³/mol. The molecule has 1 aliphatic heterocycles. The molecule has 28 heavy (non-hydrogen) atoms. The smallest absolute Gasteiger partial charge is 0.191 e. The van der Waals surface area contributed by atoms with E-state index in [1.54, 1.807) is 0 Å². The summed E-state index contributed by atoms with van der Waals surface area (Å²) in [6.07, 6.45) is 6.01. The molecule has 0 radical (unpaired) electrons. The minimum Gasteiger partial charge on any atom is -0.369 e. The molecular formula is C21H25ClN6. The number of pyridine rings is 1. The summed E-state index contributed by atoms with van der Waals surface area (Å²) >= 11 is 6.12. The van der Waals surface area contributed by atoms with Gasteiger partial charge in [-0.3, -0.25) is 4.99 Å². The summed E-state index contributed by atoms with van der Waals surface area (Å²) in [6.45, 7) is 2.73. The highest BCUT2D eigenvalue weighted by molar-refractivity contribution is 6.30. The van der Waals surface area contributed by atoms with Gasteiger partial charge in [-0.25, -0.2) is 4.98 Å². The summed E-state index contributed by atoms with van der Waals surface area (Å²) in [5.41, 5.74) is 3.22. The van der Waals surface area contributed by atoms with Gasteiger partial charge >= 0.3 is 0 Å². The number of nitrogens with zero attached hydrogens (tertiary/aromatic N) is 4. The van der Waals surface area contributed by atoms with Gasteiger partial charge in [0.15, 0.2) is 5.96 Å². The number of hydrogen-bond donors (Lipinski definition) is 2. The Morgan fingerprint density at radius 3 is 3.04 bits per heavy atom. The summed E-state index contributed by atoms with van der Waals surface area (Å²) in [7, 11) is 1.81. The summed E-state index contributed by atoms with van der Waals surface area (Å²) in [5, 5.41) is 7.71. The Labute approximate surface area is 170 Å². The number of nitrogens with one attached hydrogen (secondary N) is 2. The zero-order valence-corrected chi connectivity index (χ0v) is 16.7. The maximum absolute atomic E-state index is 6.12. The van der Waals surface area contributed by atoms with Gasteiger partial charge in [-0.05, 0) is 36.8 Å². The van der Waals surface area contributed by atoms with Crippen LogP contribution in [-0.4, -0.2) is 48.1 Å². The van der Waals surface area contributed by atoms with Gasteiger partial charge in [-0.2, -0.15) is 0 Å². The Balaban J connectivity index is 1.27. The third-order valence-corrected chi connectivity index (χ3v) is 5.25. The highest BCUT2D eigenvalue weighted by atomic mass is 35.5. The topological polar surface area (TPSA) is 57.0 Å². The van der Waals surface area contributed by atoms with Crippen LogP contribution in [0.4, 0.5) is 5.69 Å². The number of aromatic nitrogens is 2. The van der Waals surface area contributed by atoms with E-state index in [-0.39, 0.29) is 0 Å². The lowest BCUT2D eigenvalue weighted by molar-refractivity contribution is 0.648. The predicted octanol–water partition coefficient (Wildman–Crippen LogP) is 2.97. The highest BCUT2D eigenvalue weighted by Gasteiger charge is 2.23. The fourth-order valence-corrected chi connectivity index (χ4v) is 3.77. The van der Waals surface area contributed by atoms with Gasteiger partial charge < -0.3 is 19.9 Å². The van der Waals surface area contributed by atoms with E-state index < -0.39 is 0 Å². The molecule has 0 spiro atoms. The van der Waals surface area contributed by atoms with Crippen molar-refractivity contribution >= 4 is 28.9 Å². The second-order valence-corrected chi connectivity index (χ2v) is 7.44. The van der Waals surface area contributed by atoms with Crippen molar-refractivity contribution < 1.29 is 0 Å². The number of fused-ring (bicyclic) bond motifs is 1. The fraction of sp³-hybridized carbons (Fsp3) is 0.333. The van der Waals surface area contributed by atoms with E-state index in [1.807, 2.05) is 54.0 Å². The SMILES string of the molecule is CN=C(NCCc1cn2ccccc2n1)NC1CCN(c2cccc(Cl)c2)C1. The molecule has 1 atom stereocenters. The molecule has 0 aliphatic carbocycles. The molecule has 2 N–H and O–H groups in total. The van der Waals surface area contributed by atoms with Crippen LogP contribution in [-0.2, 0) is 6.42 Å². The number of benzene rings is 1. The Morgan fingerprint density at radius 2 is 2.21 bits per heavy atom. The van der Waals surface area contributed by atoms with Crippen LogP contribution >= 0.6 is 11.6 Å². The highest BCUT2D eigenvalue weighted by Crippen LogP contribution is 2.23. The third-order valence-electron chi connectivity index (χ3n) is 5.01. The summed E-state index contributed by atoms with van der Waals surface area (Å²) in [6, 6.07) is 14.4. The average molecular weight is 397 g/mol. The van der Waals surface area contributed by atoms with Crippen molar-refractivity contribution in [1.82, 2.24) is 20.0 Å². The summed E-state index contributed by atoms with van der Waals surface area (Å²) < 4.78 is 2.05. The summed E-state index contributed by atoms with van der Waals surface area (Å²) in [5.74, 6) is 0.835. The molecule has 7 heteroatoms. The molecule has 0 saturated carbocycles. The molecule has 3 aromatic rings. The first-order valence-electron chi connectivity index (χ1n) is 9.61. The van der Waals surface area contributed by atoms with Crippen molar-refractivity contribution in [2.45, 2.75) is 18.9 Å². The number of imidazole rings is 1. The van der Waals surface area contributed by atoms with Gasteiger partial charge in [-0.1, -0.05) is 23.7 Å². The average Bonchev–Trinajstić information content (AvgIpc) is 3.33. The number of anilines is 1. The molecule has 6 nitrogen and oxygen atoms in total. The molecule has 4 rings (SSSR count). The van der Waals surface area contributed by atoms with Crippen LogP contribution in [0.1, 0.15) is 12.1 Å². The van der Waals surface area contributed by atoms with Gasteiger partial charge in [0.25, 0.3) is 0 Å². The largest absolute Gasteiger partial charge is 0.369 e. The lowest BCUT2D eigenvalue weighted by atomic mass is 10.2. The van der Waals surface area contributed by atoms with E-state index >= 15 is 0 Å². The molecule has 1 fully saturated rings. The van der Waals surface area contributed by atoms with Crippen molar-refractivity contribution in [3.05, 3.63) is 65.6 Å². The van der Waals surface area contributed by atoms with E-state index in [1.165, 1.54) is 5.69 Å². The molecule has 1 aromatic carbocycles. The van der Waals surface area contributed by atoms with Crippen LogP contribution in [0.5, 0.6) is 0 Å². The number of guanidine groups is 1. The van der Waals surface area contributed by atoms with Crippen molar-refractivity contribution in [3.8, 4) is 0 Å². The van der Waals surface area contributed by atoms with E-state index in [0.717, 1.165) is 54.8 Å². The molecule has 1 unspecified atom stereocenters. The van der Waals surface area contributed by atoms with Crippen molar-refractivity contribution in [1.29, 1.82) is 0 Å². The first kappa shape index (κ1) is 18.6. The first-order chi connectivity index (χ1) is 13.7. The fourth-order valence-electron chi connectivity index (χ4n) is 3.59. The maximum atomic E-state index is 6.12. The van der Waals surface area contributed by atoms with E-state index in [9.17, 15) is 0 Å². The number of rotatable bonds is 5. The van der Waals surface area contributed by atoms with E-state index in [4.69, 9.17) is 11.6 Å².